The fraction of sp³-hybridized carbons (Fsp3) is 0.500. The molecule has 0 fully saturated rings. The minimum absolute atomic E-state index is 0.203. The maximum absolute atomic E-state index is 5.63. The van der Waals surface area contributed by atoms with Crippen LogP contribution in [0.2, 0.25) is 0 Å². The molecule has 0 saturated heterocycles. The first-order valence-corrected chi connectivity index (χ1v) is 8.16. The third kappa shape index (κ3) is 5.34. The molecule has 1 N–H and O–H groups in total. The Morgan fingerprint density at radius 3 is 2.43 bits per heavy atom. The smallest absolute Gasteiger partial charge is 0.205 e. The lowest BCUT2D eigenvalue weighted by molar-refractivity contribution is 0.242. The van der Waals surface area contributed by atoms with Crippen LogP contribution in [0.5, 0.6) is 5.75 Å². The Labute approximate surface area is 130 Å². The number of hydrogen-bond donors (Lipinski definition) is 1. The molecule has 0 radical (unpaired) electrons. The van der Waals surface area contributed by atoms with Crippen LogP contribution in [0.15, 0.2) is 24.3 Å². The van der Waals surface area contributed by atoms with Crippen LogP contribution < -0.4 is 10.1 Å². The number of nitrogens with one attached hydrogen (secondary N) is 1. The second-order valence-electron chi connectivity index (χ2n) is 5.76. The third-order valence-corrected chi connectivity index (χ3v) is 3.69. The molecular formula is C16H23N3OS. The highest BCUT2D eigenvalue weighted by molar-refractivity contribution is 7.15. The van der Waals surface area contributed by atoms with Crippen molar-refractivity contribution in [2.24, 2.45) is 5.92 Å². The van der Waals surface area contributed by atoms with E-state index in [1.807, 2.05) is 26.0 Å². The number of nitrogens with zero attached hydrogens (tertiary/aromatic N) is 2. The van der Waals surface area contributed by atoms with Crippen molar-refractivity contribution in [3.8, 4) is 5.75 Å². The van der Waals surface area contributed by atoms with Crippen molar-refractivity contribution in [3.63, 3.8) is 0 Å². The molecule has 4 nitrogen and oxygen atoms in total. The van der Waals surface area contributed by atoms with Crippen molar-refractivity contribution in [2.45, 2.75) is 46.8 Å². The normalized spacial score (nSPS) is 11.1. The van der Waals surface area contributed by atoms with E-state index in [9.17, 15) is 0 Å². The zero-order chi connectivity index (χ0) is 15.2. The summed E-state index contributed by atoms with van der Waals surface area (Å²) in [6, 6.07) is 8.14. The lowest BCUT2D eigenvalue weighted by Gasteiger charge is -2.10. The third-order valence-electron chi connectivity index (χ3n) is 2.79. The molecule has 1 aromatic carbocycles. The fourth-order valence-corrected chi connectivity index (χ4v) is 2.84. The number of anilines is 1. The summed E-state index contributed by atoms with van der Waals surface area (Å²) in [6.07, 6.45) is 1.19. The Morgan fingerprint density at radius 2 is 1.81 bits per heavy atom. The van der Waals surface area contributed by atoms with E-state index in [1.165, 1.54) is 5.56 Å². The van der Waals surface area contributed by atoms with Gasteiger partial charge in [-0.2, -0.15) is 0 Å². The van der Waals surface area contributed by atoms with E-state index in [4.69, 9.17) is 4.74 Å². The lowest BCUT2D eigenvalue weighted by atomic mass is 10.1. The Morgan fingerprint density at radius 1 is 1.10 bits per heavy atom. The number of rotatable bonds is 7. The van der Waals surface area contributed by atoms with Gasteiger partial charge in [-0.1, -0.05) is 37.3 Å². The Bertz CT molecular complexity index is 549. The lowest BCUT2D eigenvalue weighted by Crippen LogP contribution is -2.05. The van der Waals surface area contributed by atoms with Crippen LogP contribution in [0.4, 0.5) is 5.13 Å². The summed E-state index contributed by atoms with van der Waals surface area (Å²) < 4.78 is 5.63. The molecule has 0 amide bonds. The molecule has 0 aliphatic heterocycles. The van der Waals surface area contributed by atoms with Gasteiger partial charge in [-0.3, -0.25) is 0 Å². The number of aromatic nitrogens is 2. The zero-order valence-corrected chi connectivity index (χ0v) is 13.9. The van der Waals surface area contributed by atoms with E-state index in [2.05, 4.69) is 41.5 Å². The van der Waals surface area contributed by atoms with Gasteiger partial charge in [0, 0.05) is 13.0 Å². The van der Waals surface area contributed by atoms with E-state index >= 15 is 0 Å². The minimum atomic E-state index is 0.203. The maximum Gasteiger partial charge on any atom is 0.205 e. The van der Waals surface area contributed by atoms with Crippen molar-refractivity contribution in [1.29, 1.82) is 0 Å². The van der Waals surface area contributed by atoms with Crippen LogP contribution in [0.1, 0.15) is 38.3 Å². The molecule has 114 valence electrons. The molecule has 2 aromatic rings. The van der Waals surface area contributed by atoms with Crippen molar-refractivity contribution in [3.05, 3.63) is 34.8 Å². The highest BCUT2D eigenvalue weighted by Crippen LogP contribution is 2.19. The standard InChI is InChI=1S/C16H23N3OS/c1-11(2)9-15-18-19-16(21-15)17-10-13-5-7-14(8-6-13)20-12(3)4/h5-8,11-12H,9-10H2,1-4H3,(H,17,19). The molecular weight excluding hydrogens is 282 g/mol. The Balaban J connectivity index is 1.86. The summed E-state index contributed by atoms with van der Waals surface area (Å²) in [4.78, 5) is 0. The monoisotopic (exact) mass is 305 g/mol. The van der Waals surface area contributed by atoms with Gasteiger partial charge < -0.3 is 10.1 Å². The van der Waals surface area contributed by atoms with Crippen molar-refractivity contribution >= 4 is 16.5 Å². The molecule has 0 atom stereocenters. The topological polar surface area (TPSA) is 47.0 Å². The molecule has 2 rings (SSSR count). The predicted octanol–water partition coefficient (Wildman–Crippen LogP) is 4.14. The SMILES string of the molecule is CC(C)Cc1nnc(NCc2ccc(OC(C)C)cc2)s1. The number of hydrogen-bond acceptors (Lipinski definition) is 5. The molecule has 1 aromatic heterocycles. The number of ether oxygens (including phenoxy) is 1. The van der Waals surface area contributed by atoms with Gasteiger partial charge in [0.25, 0.3) is 0 Å². The minimum Gasteiger partial charge on any atom is -0.491 e. The van der Waals surface area contributed by atoms with Crippen LogP contribution in [-0.4, -0.2) is 16.3 Å². The summed E-state index contributed by atoms with van der Waals surface area (Å²) in [5.41, 5.74) is 1.20. The van der Waals surface area contributed by atoms with Gasteiger partial charge in [-0.15, -0.1) is 10.2 Å². The molecule has 0 unspecified atom stereocenters. The van der Waals surface area contributed by atoms with E-state index in [-0.39, 0.29) is 6.10 Å². The van der Waals surface area contributed by atoms with E-state index in [0.29, 0.717) is 5.92 Å². The average Bonchev–Trinajstić information content (AvgIpc) is 2.84. The molecule has 21 heavy (non-hydrogen) atoms. The summed E-state index contributed by atoms with van der Waals surface area (Å²) in [5.74, 6) is 1.52. The quantitative estimate of drug-likeness (QED) is 0.835. The first kappa shape index (κ1) is 15.8. The summed E-state index contributed by atoms with van der Waals surface area (Å²) in [6.45, 7) is 9.18. The fourth-order valence-electron chi connectivity index (χ4n) is 1.89. The van der Waals surface area contributed by atoms with Crippen molar-refractivity contribution in [2.75, 3.05) is 5.32 Å². The maximum atomic E-state index is 5.63. The summed E-state index contributed by atoms with van der Waals surface area (Å²) in [7, 11) is 0. The van der Waals surface area contributed by atoms with Gasteiger partial charge in [0.05, 0.1) is 6.10 Å². The van der Waals surface area contributed by atoms with Crippen LogP contribution in [0, 0.1) is 5.92 Å². The largest absolute Gasteiger partial charge is 0.491 e. The van der Waals surface area contributed by atoms with Gasteiger partial charge in [-0.05, 0) is 37.5 Å². The Kier molecular flexibility index (Phi) is 5.56. The second kappa shape index (κ2) is 7.41. The average molecular weight is 305 g/mol. The molecule has 0 saturated carbocycles. The summed E-state index contributed by atoms with van der Waals surface area (Å²) >= 11 is 1.63. The zero-order valence-electron chi connectivity index (χ0n) is 13.1. The summed E-state index contributed by atoms with van der Waals surface area (Å²) in [5, 5.41) is 13.7. The van der Waals surface area contributed by atoms with Crippen LogP contribution >= 0.6 is 11.3 Å². The van der Waals surface area contributed by atoms with Crippen molar-refractivity contribution in [1.82, 2.24) is 10.2 Å². The van der Waals surface area contributed by atoms with Gasteiger partial charge in [-0.25, -0.2) is 0 Å². The van der Waals surface area contributed by atoms with E-state index in [1.54, 1.807) is 11.3 Å². The van der Waals surface area contributed by atoms with Gasteiger partial charge >= 0.3 is 0 Å². The first-order valence-electron chi connectivity index (χ1n) is 7.34. The van der Waals surface area contributed by atoms with Gasteiger partial charge in [0.2, 0.25) is 5.13 Å². The molecule has 0 bridgehead atoms. The van der Waals surface area contributed by atoms with Gasteiger partial charge in [0.1, 0.15) is 10.8 Å². The van der Waals surface area contributed by atoms with Gasteiger partial charge in [0.15, 0.2) is 0 Å². The Hall–Kier alpha value is -1.62. The highest BCUT2D eigenvalue weighted by Gasteiger charge is 2.06. The second-order valence-corrected chi connectivity index (χ2v) is 6.83. The highest BCUT2D eigenvalue weighted by atomic mass is 32.1. The molecule has 0 aliphatic rings. The van der Waals surface area contributed by atoms with E-state index in [0.717, 1.165) is 28.9 Å². The van der Waals surface area contributed by atoms with Crippen LogP contribution in [0.25, 0.3) is 0 Å². The molecule has 1 heterocycles. The van der Waals surface area contributed by atoms with E-state index < -0.39 is 0 Å². The molecule has 0 aliphatic carbocycles. The first-order chi connectivity index (χ1) is 10.0. The van der Waals surface area contributed by atoms with Crippen molar-refractivity contribution < 1.29 is 4.74 Å². The molecule has 0 spiro atoms. The molecule has 5 heteroatoms. The van der Waals surface area contributed by atoms with Crippen LogP contribution in [0.3, 0.4) is 0 Å². The predicted molar refractivity (Wildman–Crippen MR) is 88.0 cm³/mol. The van der Waals surface area contributed by atoms with Crippen LogP contribution in [-0.2, 0) is 13.0 Å². The number of benzene rings is 1.